The highest BCUT2D eigenvalue weighted by Crippen LogP contribution is 2.35. The third-order valence-corrected chi connectivity index (χ3v) is 3.53. The summed E-state index contributed by atoms with van der Waals surface area (Å²) in [5.74, 6) is -0.0228. The molecule has 0 N–H and O–H groups in total. The molecule has 0 radical (unpaired) electrons. The van der Waals surface area contributed by atoms with E-state index >= 15 is 0 Å². The molecule has 1 aliphatic rings. The fourth-order valence-electron chi connectivity index (χ4n) is 2.70. The van der Waals surface area contributed by atoms with Crippen LogP contribution < -0.4 is 0 Å². The molecule has 102 valence electrons. The Kier molecular flexibility index (Phi) is 3.48. The monoisotopic (exact) mass is 259 g/mol. The molecule has 0 saturated carbocycles. The molecule has 1 atom stereocenters. The minimum atomic E-state index is -0.270. The van der Waals surface area contributed by atoms with Crippen molar-refractivity contribution in [3.8, 4) is 0 Å². The maximum atomic E-state index is 12.2. The maximum Gasteiger partial charge on any atom is 0.230 e. The Morgan fingerprint density at radius 2 is 1.68 bits per heavy atom. The van der Waals surface area contributed by atoms with Gasteiger partial charge in [-0.1, -0.05) is 29.8 Å². The van der Waals surface area contributed by atoms with Crippen LogP contribution in [0.4, 0.5) is 0 Å². The zero-order chi connectivity index (χ0) is 14.2. The van der Waals surface area contributed by atoms with Crippen LogP contribution in [0.15, 0.2) is 24.3 Å². The molecule has 0 aromatic heterocycles. The Hall–Kier alpha value is -1.64. The number of carbonyl (C=O) groups is 2. The van der Waals surface area contributed by atoms with E-state index in [2.05, 4.69) is 0 Å². The first-order chi connectivity index (χ1) is 8.79. The van der Waals surface area contributed by atoms with E-state index in [0.717, 1.165) is 5.56 Å². The second-order valence-corrected chi connectivity index (χ2v) is 6.28. The molecule has 3 nitrogen and oxygen atoms in total. The second-order valence-electron chi connectivity index (χ2n) is 6.28. The summed E-state index contributed by atoms with van der Waals surface area (Å²) in [6.07, 6.45) is 0.464. The van der Waals surface area contributed by atoms with Gasteiger partial charge in [-0.2, -0.15) is 0 Å². The van der Waals surface area contributed by atoms with Crippen molar-refractivity contribution in [1.82, 2.24) is 4.90 Å². The summed E-state index contributed by atoms with van der Waals surface area (Å²) in [5.41, 5.74) is 1.95. The number of carbonyl (C=O) groups excluding carboxylic acids is 2. The van der Waals surface area contributed by atoms with Crippen LogP contribution in [0.5, 0.6) is 0 Å². The van der Waals surface area contributed by atoms with Crippen molar-refractivity contribution in [1.29, 1.82) is 0 Å². The molecule has 1 amide bonds. The molecule has 1 unspecified atom stereocenters. The third kappa shape index (κ3) is 2.86. The van der Waals surface area contributed by atoms with Crippen LogP contribution >= 0.6 is 0 Å². The van der Waals surface area contributed by atoms with Gasteiger partial charge in [0.2, 0.25) is 5.91 Å². The van der Waals surface area contributed by atoms with Crippen LogP contribution in [0, 0.1) is 6.92 Å². The number of Topliss-reactive ketones (excluding diaryl/α,β-unsaturated/α-hetero) is 1. The van der Waals surface area contributed by atoms with Gasteiger partial charge >= 0.3 is 0 Å². The number of hydrogen-bond donors (Lipinski definition) is 0. The average Bonchev–Trinajstić information content (AvgIpc) is 2.26. The van der Waals surface area contributed by atoms with E-state index in [-0.39, 0.29) is 29.7 Å². The largest absolute Gasteiger partial charge is 0.330 e. The van der Waals surface area contributed by atoms with Gasteiger partial charge in [0.1, 0.15) is 5.78 Å². The normalized spacial score (nSPS) is 20.8. The summed E-state index contributed by atoms with van der Waals surface area (Å²) in [7, 11) is 0. The summed E-state index contributed by atoms with van der Waals surface area (Å²) in [4.78, 5) is 25.8. The van der Waals surface area contributed by atoms with E-state index in [9.17, 15) is 9.59 Å². The topological polar surface area (TPSA) is 37.4 Å². The lowest BCUT2D eigenvalue weighted by Gasteiger charge is -2.44. The van der Waals surface area contributed by atoms with Crippen molar-refractivity contribution in [2.75, 3.05) is 0 Å². The number of benzene rings is 1. The van der Waals surface area contributed by atoms with Crippen LogP contribution in [0.2, 0.25) is 0 Å². The van der Waals surface area contributed by atoms with Crippen LogP contribution in [-0.4, -0.2) is 22.1 Å². The summed E-state index contributed by atoms with van der Waals surface area (Å²) in [6.45, 7) is 8.08. The lowest BCUT2D eigenvalue weighted by Crippen LogP contribution is -2.51. The van der Waals surface area contributed by atoms with Crippen LogP contribution in [0.25, 0.3) is 0 Å². The van der Waals surface area contributed by atoms with Gasteiger partial charge in [-0.05, 0) is 33.3 Å². The van der Waals surface area contributed by atoms with Crippen molar-refractivity contribution in [3.05, 3.63) is 35.4 Å². The van der Waals surface area contributed by atoms with E-state index in [1.807, 2.05) is 56.9 Å². The Balaban J connectivity index is 2.40. The van der Waals surface area contributed by atoms with Crippen molar-refractivity contribution in [2.24, 2.45) is 0 Å². The number of aryl methyl sites for hydroxylation is 1. The predicted molar refractivity (Wildman–Crippen MR) is 74.8 cm³/mol. The van der Waals surface area contributed by atoms with Gasteiger partial charge in [0.05, 0.1) is 12.5 Å². The van der Waals surface area contributed by atoms with E-state index in [1.54, 1.807) is 0 Å². The quantitative estimate of drug-likeness (QED) is 0.727. The van der Waals surface area contributed by atoms with Crippen molar-refractivity contribution in [3.63, 3.8) is 0 Å². The van der Waals surface area contributed by atoms with Gasteiger partial charge in [-0.25, -0.2) is 0 Å². The SMILES string of the molecule is Cc1ccc(C2CC(=O)CC(=O)N2C(C)(C)C)cc1. The molecule has 19 heavy (non-hydrogen) atoms. The summed E-state index contributed by atoms with van der Waals surface area (Å²) in [6, 6.07) is 7.96. The molecule has 1 aromatic carbocycles. The van der Waals surface area contributed by atoms with E-state index in [4.69, 9.17) is 0 Å². The van der Waals surface area contributed by atoms with Crippen molar-refractivity contribution >= 4 is 11.7 Å². The van der Waals surface area contributed by atoms with Crippen molar-refractivity contribution in [2.45, 2.75) is 52.1 Å². The zero-order valence-electron chi connectivity index (χ0n) is 12.1. The van der Waals surface area contributed by atoms with Gasteiger partial charge in [-0.3, -0.25) is 9.59 Å². The minimum absolute atomic E-state index is 0.0380. The first-order valence-electron chi connectivity index (χ1n) is 6.69. The first-order valence-corrected chi connectivity index (χ1v) is 6.69. The zero-order valence-corrected chi connectivity index (χ0v) is 12.1. The molecule has 3 heteroatoms. The highest BCUT2D eigenvalue weighted by atomic mass is 16.2. The van der Waals surface area contributed by atoms with E-state index in [1.165, 1.54) is 5.56 Å². The number of hydrogen-bond acceptors (Lipinski definition) is 2. The highest BCUT2D eigenvalue weighted by molar-refractivity contribution is 6.01. The van der Waals surface area contributed by atoms with Crippen LogP contribution in [0.1, 0.15) is 50.8 Å². The van der Waals surface area contributed by atoms with Gasteiger partial charge in [-0.15, -0.1) is 0 Å². The van der Waals surface area contributed by atoms with E-state index < -0.39 is 0 Å². The molecule has 0 bridgehead atoms. The molecule has 1 fully saturated rings. The van der Waals surface area contributed by atoms with Gasteiger partial charge in [0, 0.05) is 12.0 Å². The highest BCUT2D eigenvalue weighted by Gasteiger charge is 2.39. The Morgan fingerprint density at radius 3 is 2.21 bits per heavy atom. The number of ketones is 1. The molecule has 1 heterocycles. The molecule has 2 rings (SSSR count). The van der Waals surface area contributed by atoms with Gasteiger partial charge in [0.25, 0.3) is 0 Å². The Morgan fingerprint density at radius 1 is 1.11 bits per heavy atom. The first kappa shape index (κ1) is 13.8. The van der Waals surface area contributed by atoms with E-state index in [0.29, 0.717) is 6.42 Å². The number of nitrogens with zero attached hydrogens (tertiary/aromatic N) is 1. The average molecular weight is 259 g/mol. The number of rotatable bonds is 1. The lowest BCUT2D eigenvalue weighted by atomic mass is 9.89. The lowest BCUT2D eigenvalue weighted by molar-refractivity contribution is -0.148. The predicted octanol–water partition coefficient (Wildman–Crippen LogP) is 3.03. The number of likely N-dealkylation sites (tertiary alicyclic amines) is 1. The smallest absolute Gasteiger partial charge is 0.230 e. The minimum Gasteiger partial charge on any atom is -0.330 e. The van der Waals surface area contributed by atoms with Gasteiger partial charge < -0.3 is 4.90 Å². The molecule has 1 aromatic rings. The molecular weight excluding hydrogens is 238 g/mol. The van der Waals surface area contributed by atoms with Crippen LogP contribution in [-0.2, 0) is 9.59 Å². The standard InChI is InChI=1S/C16H21NO2/c1-11-5-7-12(8-6-11)14-9-13(18)10-15(19)17(14)16(2,3)4/h5-8,14H,9-10H2,1-4H3. The fourth-order valence-corrected chi connectivity index (χ4v) is 2.70. The number of amides is 1. The molecule has 0 aliphatic carbocycles. The van der Waals surface area contributed by atoms with Crippen molar-refractivity contribution < 1.29 is 9.59 Å². The number of piperidine rings is 1. The van der Waals surface area contributed by atoms with Crippen LogP contribution in [0.3, 0.4) is 0 Å². The molecular formula is C16H21NO2. The van der Waals surface area contributed by atoms with Gasteiger partial charge in [0.15, 0.2) is 0 Å². The maximum absolute atomic E-state index is 12.2. The molecule has 1 aliphatic heterocycles. The summed E-state index contributed by atoms with van der Waals surface area (Å²) < 4.78 is 0. The summed E-state index contributed by atoms with van der Waals surface area (Å²) in [5, 5.41) is 0. The molecule has 0 spiro atoms. The Bertz CT molecular complexity index is 496. The molecule has 1 saturated heterocycles. The Labute approximate surface area is 114 Å². The third-order valence-electron chi connectivity index (χ3n) is 3.53. The fraction of sp³-hybridized carbons (Fsp3) is 0.500. The second kappa shape index (κ2) is 4.80. The summed E-state index contributed by atoms with van der Waals surface area (Å²) >= 11 is 0.